The Morgan fingerprint density at radius 1 is 0.423 bits per heavy atom. The Kier molecular flexibility index (Phi) is 6.57. The fourth-order valence-corrected chi connectivity index (χ4v) is 10.4. The summed E-state index contributed by atoms with van der Waals surface area (Å²) >= 11 is 0.257. The number of hydrogen-bond donors (Lipinski definition) is 0. The number of anilines is 3. The van der Waals surface area contributed by atoms with Crippen LogP contribution in [0.1, 0.15) is 0 Å². The number of aromatic nitrogens is 1. The Hall–Kier alpha value is -6.32. The molecule has 11 aromatic rings. The van der Waals surface area contributed by atoms with E-state index >= 15 is 0 Å². The largest absolute Gasteiger partial charge is 0.0602 e. The molecule has 0 unspecified atom stereocenters. The Labute approximate surface area is 305 Å². The molecule has 0 amide bonds. The van der Waals surface area contributed by atoms with Crippen LogP contribution < -0.4 is 4.90 Å². The molecule has 52 heavy (non-hydrogen) atoms. The summed E-state index contributed by atoms with van der Waals surface area (Å²) in [6.45, 7) is 0. The van der Waals surface area contributed by atoms with Gasteiger partial charge < -0.3 is 0 Å². The summed E-state index contributed by atoms with van der Waals surface area (Å²) in [5.74, 6) is 0. The van der Waals surface area contributed by atoms with Crippen LogP contribution in [-0.4, -0.2) is 19.1 Å². The van der Waals surface area contributed by atoms with Gasteiger partial charge in [0.25, 0.3) is 0 Å². The Morgan fingerprint density at radius 2 is 1.08 bits per heavy atom. The molecular weight excluding hydrogens is 700 g/mol. The average molecular weight is 730 g/mol. The number of benzene rings is 8. The smallest absolute Gasteiger partial charge is 0.0380 e. The molecule has 0 spiro atoms. The normalized spacial score (nSPS) is 11.8. The van der Waals surface area contributed by atoms with Crippen LogP contribution in [0, 0.1) is 0 Å². The first kappa shape index (κ1) is 29.4. The van der Waals surface area contributed by atoms with Gasteiger partial charge in [-0.3, -0.25) is 0 Å². The van der Waals surface area contributed by atoms with E-state index in [-0.39, 0.29) is 14.5 Å². The molecule has 3 nitrogen and oxygen atoms in total. The Morgan fingerprint density at radius 3 is 1.96 bits per heavy atom. The molecule has 0 aliphatic rings. The maximum Gasteiger partial charge on any atom is -0.0380 e. The third kappa shape index (κ3) is 4.52. The van der Waals surface area contributed by atoms with Gasteiger partial charge in [0.05, 0.1) is 5.52 Å². The number of nitrogens with zero attached hydrogens (tertiary/aromatic N) is 2. The van der Waals surface area contributed by atoms with Crippen LogP contribution in [0.3, 0.4) is 0 Å². The van der Waals surface area contributed by atoms with E-state index in [1.54, 1.807) is 0 Å². The number of para-hydroxylation sites is 3. The second kappa shape index (κ2) is 11.6. The summed E-state index contributed by atoms with van der Waals surface area (Å²) in [7, 11) is 0. The van der Waals surface area contributed by atoms with Crippen molar-refractivity contribution in [2.45, 2.75) is 0 Å². The molecule has 0 bridgehead atoms. The van der Waals surface area contributed by atoms with E-state index in [1.807, 2.05) is 6.07 Å². The van der Waals surface area contributed by atoms with Crippen molar-refractivity contribution in [3.63, 3.8) is 0 Å². The molecule has 0 radical (unpaired) electrons. The third-order valence-electron chi connectivity index (χ3n) is 10.4. The molecule has 3 aromatic heterocycles. The summed E-state index contributed by atoms with van der Waals surface area (Å²) in [5.41, 5.74) is 11.1. The van der Waals surface area contributed by atoms with Crippen LogP contribution in [0.2, 0.25) is 0 Å². The van der Waals surface area contributed by atoms with Crippen LogP contribution >= 0.6 is 0 Å². The maximum absolute atomic E-state index is 6.38. The first-order valence-corrected chi connectivity index (χ1v) is 19.3. The number of fused-ring (bicyclic) bond motifs is 9. The van der Waals surface area contributed by atoms with Gasteiger partial charge in [-0.15, -0.1) is 0 Å². The van der Waals surface area contributed by atoms with Crippen molar-refractivity contribution in [1.82, 2.24) is 4.57 Å². The van der Waals surface area contributed by atoms with Gasteiger partial charge in [-0.05, 0) is 18.2 Å². The topological polar surface area (TPSA) is 21.3 Å². The summed E-state index contributed by atoms with van der Waals surface area (Å²) in [6.07, 6.45) is 0. The van der Waals surface area contributed by atoms with Crippen molar-refractivity contribution >= 4 is 94.6 Å². The summed E-state index contributed by atoms with van der Waals surface area (Å²) < 4.78 is 11.6. The summed E-state index contributed by atoms with van der Waals surface area (Å²) in [5, 5.41) is 7.48. The zero-order valence-electron chi connectivity index (χ0n) is 28.0. The third-order valence-corrected chi connectivity index (χ3v) is 12.8. The molecule has 0 aliphatic heterocycles. The minimum atomic E-state index is 0.257. The number of rotatable bonds is 5. The fraction of sp³-hybridized carbons (Fsp3) is 0. The van der Waals surface area contributed by atoms with Gasteiger partial charge in [0.1, 0.15) is 0 Å². The standard InChI is InChI=1S/C48H30N2OSe/c1-2-11-33(12-3-1)50-41-16-7-4-13-36(41)37-27-23-32(29-43(37)50)31-21-24-34(25-22-31)49(35-26-28-39-38-14-6-9-20-46(38)52-47(39)30-35)42-17-10-19-45-48(42)40-15-5-8-18-44(40)51-45/h1-30H. The molecule has 8 aromatic carbocycles. The van der Waals surface area contributed by atoms with E-state index in [2.05, 4.69) is 185 Å². The SMILES string of the molecule is c1ccc(-n2c3ccccc3c3ccc(-c4ccc(N(c5ccc6c(c5)[se]c5ccccc56)c5cccc6oc7ccccc7c56)cc4)cc32)cc1. The molecule has 11 rings (SSSR count). The van der Waals surface area contributed by atoms with Crippen LogP contribution in [-0.2, 0) is 0 Å². The zero-order valence-corrected chi connectivity index (χ0v) is 29.7. The van der Waals surface area contributed by atoms with Crippen molar-refractivity contribution < 1.29 is 4.42 Å². The molecule has 0 fully saturated rings. The minimum Gasteiger partial charge on any atom is -0.0602 e. The number of furan rings is 1. The molecule has 244 valence electrons. The van der Waals surface area contributed by atoms with Crippen molar-refractivity contribution in [2.24, 2.45) is 0 Å². The van der Waals surface area contributed by atoms with E-state index in [4.69, 9.17) is 4.42 Å². The van der Waals surface area contributed by atoms with E-state index < -0.39 is 0 Å². The maximum atomic E-state index is 6.38. The quantitative estimate of drug-likeness (QED) is 0.165. The predicted molar refractivity (Wildman–Crippen MR) is 220 cm³/mol. The van der Waals surface area contributed by atoms with Crippen molar-refractivity contribution in [2.75, 3.05) is 4.90 Å². The van der Waals surface area contributed by atoms with E-state index in [1.165, 1.54) is 52.2 Å². The van der Waals surface area contributed by atoms with Gasteiger partial charge in [-0.25, -0.2) is 0 Å². The van der Waals surface area contributed by atoms with Crippen molar-refractivity contribution in [1.29, 1.82) is 0 Å². The fourth-order valence-electron chi connectivity index (χ4n) is 8.03. The molecule has 0 atom stereocenters. The van der Waals surface area contributed by atoms with Gasteiger partial charge in [0, 0.05) is 11.1 Å². The first-order chi connectivity index (χ1) is 25.8. The average Bonchev–Trinajstić information content (AvgIpc) is 3.88. The number of hydrogen-bond acceptors (Lipinski definition) is 2. The second-order valence-electron chi connectivity index (χ2n) is 13.3. The van der Waals surface area contributed by atoms with Crippen LogP contribution in [0.15, 0.2) is 186 Å². The predicted octanol–water partition coefficient (Wildman–Crippen LogP) is 13.2. The van der Waals surface area contributed by atoms with Gasteiger partial charge >= 0.3 is 236 Å². The van der Waals surface area contributed by atoms with Crippen LogP contribution in [0.5, 0.6) is 0 Å². The molecule has 4 heteroatoms. The van der Waals surface area contributed by atoms with Crippen molar-refractivity contribution in [3.05, 3.63) is 182 Å². The summed E-state index contributed by atoms with van der Waals surface area (Å²) in [4.78, 5) is 2.41. The van der Waals surface area contributed by atoms with Gasteiger partial charge in [-0.1, -0.05) is 36.4 Å². The van der Waals surface area contributed by atoms with E-state index in [0.717, 1.165) is 44.7 Å². The van der Waals surface area contributed by atoms with E-state index in [0.29, 0.717) is 0 Å². The minimum absolute atomic E-state index is 0.257. The first-order valence-electron chi connectivity index (χ1n) is 17.6. The monoisotopic (exact) mass is 730 g/mol. The molecule has 0 saturated heterocycles. The Balaban J connectivity index is 1.08. The second-order valence-corrected chi connectivity index (χ2v) is 15.6. The molecular formula is C48H30N2OSe. The van der Waals surface area contributed by atoms with Crippen LogP contribution in [0.25, 0.3) is 79.9 Å². The van der Waals surface area contributed by atoms with Gasteiger partial charge in [0.2, 0.25) is 0 Å². The summed E-state index contributed by atoms with van der Waals surface area (Å²) in [6, 6.07) is 65.9. The van der Waals surface area contributed by atoms with E-state index in [9.17, 15) is 0 Å². The molecule has 3 heterocycles. The van der Waals surface area contributed by atoms with Gasteiger partial charge in [0.15, 0.2) is 0 Å². The zero-order chi connectivity index (χ0) is 34.2. The molecule has 0 N–H and O–H groups in total. The molecule has 0 saturated carbocycles. The Bertz CT molecular complexity index is 3130. The van der Waals surface area contributed by atoms with Crippen LogP contribution in [0.4, 0.5) is 17.1 Å². The van der Waals surface area contributed by atoms with Gasteiger partial charge in [-0.2, -0.15) is 0 Å². The van der Waals surface area contributed by atoms with Crippen molar-refractivity contribution in [3.8, 4) is 16.8 Å². The molecule has 0 aliphatic carbocycles.